The average molecular weight is 419 g/mol. The smallest absolute Gasteiger partial charge is 0.230 e. The van der Waals surface area contributed by atoms with Crippen molar-refractivity contribution in [3.63, 3.8) is 0 Å². The molecule has 4 aromatic rings. The second kappa shape index (κ2) is 8.71. The van der Waals surface area contributed by atoms with E-state index in [4.69, 9.17) is 4.98 Å². The van der Waals surface area contributed by atoms with Crippen LogP contribution in [0, 0.1) is 6.92 Å². The van der Waals surface area contributed by atoms with Gasteiger partial charge in [0, 0.05) is 47.3 Å². The molecule has 2 heterocycles. The number of fused-ring (bicyclic) bond motifs is 1. The molecule has 0 saturated heterocycles. The summed E-state index contributed by atoms with van der Waals surface area (Å²) >= 11 is 1.56. The van der Waals surface area contributed by atoms with Crippen molar-refractivity contribution in [2.24, 2.45) is 0 Å². The number of hydrogen-bond donors (Lipinski definition) is 1. The Kier molecular flexibility index (Phi) is 5.86. The van der Waals surface area contributed by atoms with E-state index < -0.39 is 0 Å². The number of aryl methyl sites for hydroxylation is 1. The molecule has 0 aliphatic heterocycles. The molecule has 6 heteroatoms. The summed E-state index contributed by atoms with van der Waals surface area (Å²) in [4.78, 5) is 20.5. The Morgan fingerprint density at radius 1 is 1.07 bits per heavy atom. The second-order valence-electron chi connectivity index (χ2n) is 7.32. The first-order valence-electron chi connectivity index (χ1n) is 10.2. The van der Waals surface area contributed by atoms with Crippen molar-refractivity contribution < 1.29 is 4.79 Å². The highest BCUT2D eigenvalue weighted by Gasteiger charge is 2.13. The van der Waals surface area contributed by atoms with Crippen LogP contribution < -0.4 is 10.2 Å². The fourth-order valence-electron chi connectivity index (χ4n) is 3.53. The van der Waals surface area contributed by atoms with E-state index in [1.807, 2.05) is 28.1 Å². The zero-order chi connectivity index (χ0) is 21.1. The van der Waals surface area contributed by atoms with Crippen LogP contribution in [0.4, 0.5) is 11.4 Å². The molecule has 5 nitrogen and oxygen atoms in total. The Labute approximate surface area is 181 Å². The van der Waals surface area contributed by atoms with Gasteiger partial charge >= 0.3 is 0 Å². The van der Waals surface area contributed by atoms with Crippen LogP contribution in [0.3, 0.4) is 0 Å². The van der Waals surface area contributed by atoms with Gasteiger partial charge in [0.25, 0.3) is 0 Å². The molecule has 0 fully saturated rings. The van der Waals surface area contributed by atoms with Gasteiger partial charge in [-0.15, -0.1) is 11.3 Å². The molecular weight excluding hydrogens is 392 g/mol. The summed E-state index contributed by atoms with van der Waals surface area (Å²) in [6.45, 7) is 8.28. The number of imidazole rings is 1. The number of amides is 1. The highest BCUT2D eigenvalue weighted by atomic mass is 32.1. The number of anilines is 2. The SMILES string of the molecule is CCN(CC)c1ccc(NC(=O)Cc2csc3nc(-c4ccc(C)cc4)cn23)cc1. The van der Waals surface area contributed by atoms with Gasteiger partial charge in [-0.3, -0.25) is 9.20 Å². The molecule has 2 aromatic heterocycles. The van der Waals surface area contributed by atoms with Gasteiger partial charge in [-0.2, -0.15) is 0 Å². The van der Waals surface area contributed by atoms with E-state index in [2.05, 4.69) is 67.4 Å². The monoisotopic (exact) mass is 418 g/mol. The number of aromatic nitrogens is 2. The molecule has 2 aromatic carbocycles. The highest BCUT2D eigenvalue weighted by Crippen LogP contribution is 2.24. The summed E-state index contributed by atoms with van der Waals surface area (Å²) < 4.78 is 2.02. The summed E-state index contributed by atoms with van der Waals surface area (Å²) in [5.74, 6) is -0.0316. The molecule has 0 saturated carbocycles. The van der Waals surface area contributed by atoms with Crippen LogP contribution in [0.5, 0.6) is 0 Å². The van der Waals surface area contributed by atoms with Gasteiger partial charge in [0.15, 0.2) is 4.96 Å². The average Bonchev–Trinajstić information content (AvgIpc) is 3.33. The predicted molar refractivity (Wildman–Crippen MR) is 126 cm³/mol. The number of benzene rings is 2. The first-order valence-corrected chi connectivity index (χ1v) is 11.1. The third-order valence-electron chi connectivity index (χ3n) is 5.25. The van der Waals surface area contributed by atoms with Gasteiger partial charge in [0.05, 0.1) is 12.1 Å². The van der Waals surface area contributed by atoms with Crippen molar-refractivity contribution in [2.75, 3.05) is 23.3 Å². The number of carbonyl (C=O) groups is 1. The predicted octanol–water partition coefficient (Wildman–Crippen LogP) is 5.40. The molecular formula is C24H26N4OS. The van der Waals surface area contributed by atoms with Crippen LogP contribution in [0.25, 0.3) is 16.2 Å². The van der Waals surface area contributed by atoms with E-state index in [-0.39, 0.29) is 5.91 Å². The fourth-order valence-corrected chi connectivity index (χ4v) is 4.41. The van der Waals surface area contributed by atoms with Crippen LogP contribution >= 0.6 is 11.3 Å². The largest absolute Gasteiger partial charge is 0.372 e. The molecule has 154 valence electrons. The van der Waals surface area contributed by atoms with Crippen LogP contribution in [-0.4, -0.2) is 28.4 Å². The Morgan fingerprint density at radius 2 is 1.77 bits per heavy atom. The molecule has 30 heavy (non-hydrogen) atoms. The van der Waals surface area contributed by atoms with Crippen molar-refractivity contribution in [2.45, 2.75) is 27.2 Å². The maximum atomic E-state index is 12.6. The molecule has 0 unspecified atom stereocenters. The van der Waals surface area contributed by atoms with Crippen molar-refractivity contribution in [3.05, 3.63) is 71.4 Å². The zero-order valence-electron chi connectivity index (χ0n) is 17.6. The lowest BCUT2D eigenvalue weighted by molar-refractivity contribution is -0.115. The second-order valence-corrected chi connectivity index (χ2v) is 8.15. The minimum atomic E-state index is -0.0316. The van der Waals surface area contributed by atoms with E-state index in [1.165, 1.54) is 11.3 Å². The number of nitrogens with one attached hydrogen (secondary N) is 1. The Bertz CT molecular complexity index is 1140. The first kappa shape index (κ1) is 20.2. The lowest BCUT2D eigenvalue weighted by Crippen LogP contribution is -2.21. The molecule has 1 amide bonds. The van der Waals surface area contributed by atoms with Gasteiger partial charge in [0.1, 0.15) is 0 Å². The maximum Gasteiger partial charge on any atom is 0.230 e. The number of rotatable bonds is 7. The molecule has 0 radical (unpaired) electrons. The number of hydrogen-bond acceptors (Lipinski definition) is 4. The molecule has 0 atom stereocenters. The molecule has 0 spiro atoms. The summed E-state index contributed by atoms with van der Waals surface area (Å²) in [5.41, 5.74) is 6.16. The van der Waals surface area contributed by atoms with Crippen LogP contribution in [-0.2, 0) is 11.2 Å². The lowest BCUT2D eigenvalue weighted by Gasteiger charge is -2.21. The maximum absolute atomic E-state index is 12.6. The molecule has 4 rings (SSSR count). The van der Waals surface area contributed by atoms with Gasteiger partial charge in [-0.25, -0.2) is 4.98 Å². The third-order valence-corrected chi connectivity index (χ3v) is 6.14. The van der Waals surface area contributed by atoms with E-state index in [9.17, 15) is 4.79 Å². The van der Waals surface area contributed by atoms with Gasteiger partial charge in [0.2, 0.25) is 5.91 Å². The first-order chi connectivity index (χ1) is 14.6. The van der Waals surface area contributed by atoms with Crippen LogP contribution in [0.1, 0.15) is 25.1 Å². The standard InChI is InChI=1S/C24H26N4OS/c1-4-27(5-2)20-12-10-19(11-13-20)25-23(29)14-21-16-30-24-26-22(15-28(21)24)18-8-6-17(3)7-9-18/h6-13,15-16H,4-5,14H2,1-3H3,(H,25,29). The Balaban J connectivity index is 1.46. The van der Waals surface area contributed by atoms with Crippen LogP contribution in [0.15, 0.2) is 60.1 Å². The van der Waals surface area contributed by atoms with Crippen molar-refractivity contribution in [3.8, 4) is 11.3 Å². The van der Waals surface area contributed by atoms with E-state index in [0.29, 0.717) is 6.42 Å². The van der Waals surface area contributed by atoms with Crippen LogP contribution in [0.2, 0.25) is 0 Å². The lowest BCUT2D eigenvalue weighted by atomic mass is 10.1. The topological polar surface area (TPSA) is 49.6 Å². The van der Waals surface area contributed by atoms with Gasteiger partial charge in [-0.1, -0.05) is 29.8 Å². The fraction of sp³-hybridized carbons (Fsp3) is 0.250. The molecule has 1 N–H and O–H groups in total. The number of thiazole rings is 1. The van der Waals surface area contributed by atoms with E-state index in [1.54, 1.807) is 11.3 Å². The zero-order valence-corrected chi connectivity index (χ0v) is 18.4. The van der Waals surface area contributed by atoms with Crippen molar-refractivity contribution >= 4 is 33.6 Å². The van der Waals surface area contributed by atoms with E-state index in [0.717, 1.165) is 40.7 Å². The minimum Gasteiger partial charge on any atom is -0.372 e. The number of carbonyl (C=O) groups excluding carboxylic acids is 1. The molecule has 0 bridgehead atoms. The quantitative estimate of drug-likeness (QED) is 0.437. The van der Waals surface area contributed by atoms with Crippen molar-refractivity contribution in [1.82, 2.24) is 9.38 Å². The van der Waals surface area contributed by atoms with Gasteiger partial charge in [-0.05, 0) is 45.0 Å². The number of nitrogens with zero attached hydrogens (tertiary/aromatic N) is 3. The summed E-state index contributed by atoms with van der Waals surface area (Å²) in [6.07, 6.45) is 2.32. The van der Waals surface area contributed by atoms with E-state index >= 15 is 0 Å². The molecule has 0 aliphatic carbocycles. The Hall–Kier alpha value is -3.12. The minimum absolute atomic E-state index is 0.0316. The molecule has 0 aliphatic rings. The summed E-state index contributed by atoms with van der Waals surface area (Å²) in [6, 6.07) is 16.4. The van der Waals surface area contributed by atoms with Crippen molar-refractivity contribution in [1.29, 1.82) is 0 Å². The third kappa shape index (κ3) is 4.24. The highest BCUT2D eigenvalue weighted by molar-refractivity contribution is 7.15. The summed E-state index contributed by atoms with van der Waals surface area (Å²) in [7, 11) is 0. The normalized spacial score (nSPS) is 11.0. The van der Waals surface area contributed by atoms with Gasteiger partial charge < -0.3 is 10.2 Å². The summed E-state index contributed by atoms with van der Waals surface area (Å²) in [5, 5.41) is 5.01. The Morgan fingerprint density at radius 3 is 2.43 bits per heavy atom.